The molecule has 19 heavy (non-hydrogen) atoms. The Morgan fingerprint density at radius 1 is 1.16 bits per heavy atom. The highest BCUT2D eigenvalue weighted by Gasteiger charge is 2.10. The minimum Gasteiger partial charge on any atom is -0.310 e. The van der Waals surface area contributed by atoms with Crippen LogP contribution in [-0.4, -0.2) is 11.5 Å². The molecule has 0 aliphatic rings. The van der Waals surface area contributed by atoms with Crippen molar-refractivity contribution >= 4 is 11.6 Å². The van der Waals surface area contributed by atoms with Gasteiger partial charge in [0.2, 0.25) is 0 Å². The van der Waals surface area contributed by atoms with E-state index in [1.165, 1.54) is 5.56 Å². The van der Waals surface area contributed by atoms with Crippen LogP contribution in [-0.2, 0) is 6.42 Å². The van der Waals surface area contributed by atoms with E-state index >= 15 is 0 Å². The highest BCUT2D eigenvalue weighted by atomic mass is 35.5. The van der Waals surface area contributed by atoms with Crippen LogP contribution in [0.2, 0.25) is 5.02 Å². The molecule has 1 atom stereocenters. The van der Waals surface area contributed by atoms with Crippen LogP contribution in [0, 0.1) is 0 Å². The molecule has 2 aromatic rings. The second-order valence-electron chi connectivity index (χ2n) is 4.52. The van der Waals surface area contributed by atoms with Crippen LogP contribution >= 0.6 is 11.6 Å². The highest BCUT2D eigenvalue weighted by molar-refractivity contribution is 6.30. The predicted octanol–water partition coefficient (Wildman–Crippen LogP) is 4.02. The Balaban J connectivity index is 2.02. The van der Waals surface area contributed by atoms with Gasteiger partial charge in [-0.15, -0.1) is 0 Å². The van der Waals surface area contributed by atoms with Crippen LogP contribution in [0.5, 0.6) is 0 Å². The number of aryl methyl sites for hydroxylation is 1. The van der Waals surface area contributed by atoms with Gasteiger partial charge in [-0.1, -0.05) is 36.7 Å². The maximum absolute atomic E-state index is 5.94. The third-order valence-electron chi connectivity index (χ3n) is 3.14. The van der Waals surface area contributed by atoms with E-state index in [-0.39, 0.29) is 0 Å². The summed E-state index contributed by atoms with van der Waals surface area (Å²) in [7, 11) is 0. The third kappa shape index (κ3) is 4.34. The molecule has 0 fully saturated rings. The minimum absolute atomic E-state index is 0.351. The zero-order valence-electron chi connectivity index (χ0n) is 11.1. The average Bonchev–Trinajstić information content (AvgIpc) is 2.46. The SMILES string of the molecule is CCNC(CCc1ccccn1)c1ccc(Cl)cc1. The number of halogens is 1. The molecule has 1 heterocycles. The van der Waals surface area contributed by atoms with Crippen molar-refractivity contribution in [3.8, 4) is 0 Å². The second-order valence-corrected chi connectivity index (χ2v) is 4.96. The fraction of sp³-hybridized carbons (Fsp3) is 0.312. The van der Waals surface area contributed by atoms with Crippen molar-refractivity contribution < 1.29 is 0 Å². The first-order valence-corrected chi connectivity index (χ1v) is 7.06. The number of pyridine rings is 1. The number of benzene rings is 1. The molecular formula is C16H19ClN2. The number of hydrogen-bond donors (Lipinski definition) is 1. The smallest absolute Gasteiger partial charge is 0.0406 e. The summed E-state index contributed by atoms with van der Waals surface area (Å²) in [4.78, 5) is 4.37. The molecule has 0 saturated heterocycles. The number of aromatic nitrogens is 1. The summed E-state index contributed by atoms with van der Waals surface area (Å²) >= 11 is 5.94. The van der Waals surface area contributed by atoms with Crippen LogP contribution in [0.4, 0.5) is 0 Å². The molecule has 1 aromatic heterocycles. The monoisotopic (exact) mass is 274 g/mol. The Bertz CT molecular complexity index is 482. The molecule has 2 rings (SSSR count). The Kier molecular flexibility index (Phi) is 5.37. The van der Waals surface area contributed by atoms with Crippen molar-refractivity contribution in [3.05, 3.63) is 64.9 Å². The fourth-order valence-electron chi connectivity index (χ4n) is 2.17. The van der Waals surface area contributed by atoms with E-state index in [4.69, 9.17) is 11.6 Å². The van der Waals surface area contributed by atoms with Crippen molar-refractivity contribution in [2.75, 3.05) is 6.54 Å². The molecule has 0 radical (unpaired) electrons. The summed E-state index contributed by atoms with van der Waals surface area (Å²) in [6.45, 7) is 3.08. The normalized spacial score (nSPS) is 12.3. The van der Waals surface area contributed by atoms with Gasteiger partial charge >= 0.3 is 0 Å². The van der Waals surface area contributed by atoms with Crippen LogP contribution in [0.15, 0.2) is 48.7 Å². The molecule has 100 valence electrons. The molecule has 0 aliphatic carbocycles. The summed E-state index contributed by atoms with van der Waals surface area (Å²) in [6, 6.07) is 14.5. The van der Waals surface area contributed by atoms with E-state index in [1.54, 1.807) is 0 Å². The predicted molar refractivity (Wildman–Crippen MR) is 80.4 cm³/mol. The fourth-order valence-corrected chi connectivity index (χ4v) is 2.29. The first-order valence-electron chi connectivity index (χ1n) is 6.68. The van der Waals surface area contributed by atoms with Crippen molar-refractivity contribution in [2.45, 2.75) is 25.8 Å². The zero-order valence-corrected chi connectivity index (χ0v) is 11.9. The molecule has 1 unspecified atom stereocenters. The first-order chi connectivity index (χ1) is 9.29. The maximum atomic E-state index is 5.94. The van der Waals surface area contributed by atoms with Crippen molar-refractivity contribution in [1.29, 1.82) is 0 Å². The Hall–Kier alpha value is -1.38. The van der Waals surface area contributed by atoms with Crippen LogP contribution in [0.3, 0.4) is 0 Å². The van der Waals surface area contributed by atoms with E-state index in [9.17, 15) is 0 Å². The molecular weight excluding hydrogens is 256 g/mol. The summed E-state index contributed by atoms with van der Waals surface area (Å²) in [5, 5.41) is 4.30. The van der Waals surface area contributed by atoms with Gasteiger partial charge in [-0.3, -0.25) is 4.98 Å². The van der Waals surface area contributed by atoms with E-state index < -0.39 is 0 Å². The van der Waals surface area contributed by atoms with Gasteiger partial charge in [0.1, 0.15) is 0 Å². The molecule has 0 saturated carbocycles. The molecule has 0 spiro atoms. The molecule has 0 amide bonds. The van der Waals surface area contributed by atoms with E-state index in [2.05, 4.69) is 35.4 Å². The summed E-state index contributed by atoms with van der Waals surface area (Å²) in [5.41, 5.74) is 2.42. The largest absolute Gasteiger partial charge is 0.310 e. The van der Waals surface area contributed by atoms with Gasteiger partial charge in [0.05, 0.1) is 0 Å². The number of nitrogens with one attached hydrogen (secondary N) is 1. The summed E-state index contributed by atoms with van der Waals surface area (Å²) in [5.74, 6) is 0. The lowest BCUT2D eigenvalue weighted by atomic mass is 10.0. The first kappa shape index (κ1) is 14.0. The van der Waals surface area contributed by atoms with Gasteiger partial charge in [0, 0.05) is 23.0 Å². The van der Waals surface area contributed by atoms with Gasteiger partial charge in [0.15, 0.2) is 0 Å². The van der Waals surface area contributed by atoms with Gasteiger partial charge in [-0.05, 0) is 49.2 Å². The average molecular weight is 275 g/mol. The molecule has 3 heteroatoms. The van der Waals surface area contributed by atoms with Crippen LogP contribution in [0.25, 0.3) is 0 Å². The highest BCUT2D eigenvalue weighted by Crippen LogP contribution is 2.20. The molecule has 1 N–H and O–H groups in total. The van der Waals surface area contributed by atoms with Gasteiger partial charge < -0.3 is 5.32 Å². The van der Waals surface area contributed by atoms with Gasteiger partial charge in [0.25, 0.3) is 0 Å². The summed E-state index contributed by atoms with van der Waals surface area (Å²) < 4.78 is 0. The van der Waals surface area contributed by atoms with Gasteiger partial charge in [-0.25, -0.2) is 0 Å². The third-order valence-corrected chi connectivity index (χ3v) is 3.39. The lowest BCUT2D eigenvalue weighted by Crippen LogP contribution is -2.21. The van der Waals surface area contributed by atoms with E-state index in [0.717, 1.165) is 30.1 Å². The Morgan fingerprint density at radius 3 is 2.58 bits per heavy atom. The topological polar surface area (TPSA) is 24.9 Å². The van der Waals surface area contributed by atoms with Crippen molar-refractivity contribution in [1.82, 2.24) is 10.3 Å². The molecule has 1 aromatic carbocycles. The Labute approximate surface area is 119 Å². The quantitative estimate of drug-likeness (QED) is 0.861. The second kappa shape index (κ2) is 7.27. The van der Waals surface area contributed by atoms with E-state index in [1.807, 2.05) is 30.5 Å². The number of rotatable bonds is 6. The maximum Gasteiger partial charge on any atom is 0.0406 e. The molecule has 0 bridgehead atoms. The van der Waals surface area contributed by atoms with Crippen molar-refractivity contribution in [2.24, 2.45) is 0 Å². The zero-order chi connectivity index (χ0) is 13.5. The minimum atomic E-state index is 0.351. The van der Waals surface area contributed by atoms with E-state index in [0.29, 0.717) is 6.04 Å². The lowest BCUT2D eigenvalue weighted by molar-refractivity contribution is 0.513. The molecule has 0 aliphatic heterocycles. The standard InChI is InChI=1S/C16H19ClN2/c1-2-18-16(13-6-8-14(17)9-7-13)11-10-15-5-3-4-12-19-15/h3-9,12,16,18H,2,10-11H2,1H3. The van der Waals surface area contributed by atoms with Crippen LogP contribution in [0.1, 0.15) is 30.6 Å². The van der Waals surface area contributed by atoms with Crippen molar-refractivity contribution in [3.63, 3.8) is 0 Å². The number of hydrogen-bond acceptors (Lipinski definition) is 2. The Morgan fingerprint density at radius 2 is 1.95 bits per heavy atom. The molecule has 2 nitrogen and oxygen atoms in total. The van der Waals surface area contributed by atoms with Gasteiger partial charge in [-0.2, -0.15) is 0 Å². The lowest BCUT2D eigenvalue weighted by Gasteiger charge is -2.18. The number of nitrogens with zero attached hydrogens (tertiary/aromatic N) is 1. The summed E-state index contributed by atoms with van der Waals surface area (Å²) in [6.07, 6.45) is 3.85. The van der Waals surface area contributed by atoms with Crippen LogP contribution < -0.4 is 5.32 Å².